The maximum atomic E-state index is 12.7. The molecule has 144 valence electrons. The van der Waals surface area contributed by atoms with Gasteiger partial charge in [0, 0.05) is 32.0 Å². The van der Waals surface area contributed by atoms with E-state index in [0.717, 1.165) is 12.8 Å². The van der Waals surface area contributed by atoms with Gasteiger partial charge in [-0.05, 0) is 37.1 Å². The van der Waals surface area contributed by atoms with Crippen LogP contribution in [0.1, 0.15) is 33.7 Å². The maximum Gasteiger partial charge on any atom is 0.337 e. The van der Waals surface area contributed by atoms with E-state index >= 15 is 0 Å². The summed E-state index contributed by atoms with van der Waals surface area (Å²) in [7, 11) is -0.705. The van der Waals surface area contributed by atoms with Crippen molar-refractivity contribution in [3.05, 3.63) is 47.8 Å². The van der Waals surface area contributed by atoms with Crippen LogP contribution in [0.25, 0.3) is 0 Å². The Balaban J connectivity index is 1.82. The van der Waals surface area contributed by atoms with E-state index in [4.69, 9.17) is 0 Å². The van der Waals surface area contributed by atoms with Gasteiger partial charge in [-0.1, -0.05) is 6.07 Å². The molecule has 0 spiro atoms. The van der Waals surface area contributed by atoms with Gasteiger partial charge in [0.1, 0.15) is 10.6 Å². The second kappa shape index (κ2) is 7.53. The van der Waals surface area contributed by atoms with Crippen LogP contribution in [0.5, 0.6) is 0 Å². The number of nitrogens with zero attached hydrogens (tertiary/aromatic N) is 2. The number of hydrogen-bond donors (Lipinski definition) is 1. The fourth-order valence-electron chi connectivity index (χ4n) is 3.02. The number of aryl methyl sites for hydroxylation is 1. The molecule has 8 nitrogen and oxygen atoms in total. The largest absolute Gasteiger partial charge is 0.465 e. The molecule has 1 saturated heterocycles. The number of amides is 1. The van der Waals surface area contributed by atoms with Crippen LogP contribution in [0.2, 0.25) is 0 Å². The molecule has 0 radical (unpaired) electrons. The van der Waals surface area contributed by atoms with E-state index in [9.17, 15) is 18.0 Å². The highest BCUT2D eigenvalue weighted by molar-refractivity contribution is 7.89. The molecule has 1 aromatic carbocycles. The zero-order chi connectivity index (χ0) is 19.6. The fraction of sp³-hybridized carbons (Fsp3) is 0.333. The Kier molecular flexibility index (Phi) is 5.33. The van der Waals surface area contributed by atoms with Crippen molar-refractivity contribution < 1.29 is 22.7 Å². The Bertz CT molecular complexity index is 975. The van der Waals surface area contributed by atoms with Gasteiger partial charge in [0.15, 0.2) is 0 Å². The van der Waals surface area contributed by atoms with Gasteiger partial charge in [0.25, 0.3) is 5.91 Å². The molecule has 9 heteroatoms. The van der Waals surface area contributed by atoms with Crippen molar-refractivity contribution in [2.45, 2.75) is 17.7 Å². The van der Waals surface area contributed by atoms with E-state index in [1.165, 1.54) is 34.3 Å². The first-order valence-electron chi connectivity index (χ1n) is 8.49. The average molecular weight is 391 g/mol. The Morgan fingerprint density at radius 2 is 1.85 bits per heavy atom. The molecule has 2 heterocycles. The van der Waals surface area contributed by atoms with Crippen LogP contribution in [0.3, 0.4) is 0 Å². The predicted molar refractivity (Wildman–Crippen MR) is 99.1 cm³/mol. The van der Waals surface area contributed by atoms with Gasteiger partial charge in [-0.15, -0.1) is 0 Å². The fourth-order valence-corrected chi connectivity index (χ4v) is 4.60. The second-order valence-corrected chi connectivity index (χ2v) is 8.25. The molecule has 27 heavy (non-hydrogen) atoms. The van der Waals surface area contributed by atoms with Crippen molar-refractivity contribution in [1.82, 2.24) is 8.87 Å². The van der Waals surface area contributed by atoms with Gasteiger partial charge in [0.05, 0.1) is 12.7 Å². The standard InChI is InChI=1S/C18H21N3O5S/c1-20-12-15(27(24,25)21-8-3-4-9-21)11-16(20)17(22)19-14-7-5-6-13(10-14)18(23)26-2/h5-7,10-12H,3-4,8-9H2,1-2H3,(H,19,22). The number of hydrogen-bond acceptors (Lipinski definition) is 5. The molecular formula is C18H21N3O5S. The monoisotopic (exact) mass is 391 g/mol. The molecule has 1 aromatic heterocycles. The SMILES string of the molecule is COC(=O)c1cccc(NC(=O)c2cc(S(=O)(=O)N3CCCC3)cn2C)c1. The number of benzene rings is 1. The van der Waals surface area contributed by atoms with Gasteiger partial charge in [-0.3, -0.25) is 4.79 Å². The molecule has 0 aliphatic carbocycles. The lowest BCUT2D eigenvalue weighted by Gasteiger charge is -2.13. The number of esters is 1. The third-order valence-electron chi connectivity index (χ3n) is 4.46. The molecule has 1 aliphatic rings. The number of aromatic nitrogens is 1. The molecule has 3 rings (SSSR count). The van der Waals surface area contributed by atoms with E-state index < -0.39 is 21.9 Å². The minimum absolute atomic E-state index is 0.0976. The van der Waals surface area contributed by atoms with Crippen LogP contribution in [0.4, 0.5) is 5.69 Å². The lowest BCUT2D eigenvalue weighted by Crippen LogP contribution is -2.27. The molecule has 0 bridgehead atoms. The van der Waals surface area contributed by atoms with Crippen molar-refractivity contribution in [3.63, 3.8) is 0 Å². The average Bonchev–Trinajstić information content (AvgIpc) is 3.31. The number of carbonyl (C=O) groups is 2. The summed E-state index contributed by atoms with van der Waals surface area (Å²) in [5.41, 5.74) is 0.920. The summed E-state index contributed by atoms with van der Waals surface area (Å²) in [6.07, 6.45) is 3.12. The van der Waals surface area contributed by atoms with Crippen LogP contribution in [-0.4, -0.2) is 49.4 Å². The molecule has 2 aromatic rings. The van der Waals surface area contributed by atoms with E-state index in [-0.39, 0.29) is 10.6 Å². The summed E-state index contributed by atoms with van der Waals surface area (Å²) in [5.74, 6) is -0.980. The Labute approximate surface area is 157 Å². The lowest BCUT2D eigenvalue weighted by molar-refractivity contribution is 0.0600. The highest BCUT2D eigenvalue weighted by Gasteiger charge is 2.29. The number of nitrogens with one attached hydrogen (secondary N) is 1. The molecule has 0 atom stereocenters. The lowest BCUT2D eigenvalue weighted by atomic mass is 10.2. The maximum absolute atomic E-state index is 12.7. The first-order valence-corrected chi connectivity index (χ1v) is 9.93. The van der Waals surface area contributed by atoms with Gasteiger partial charge in [-0.2, -0.15) is 4.31 Å². The Morgan fingerprint density at radius 3 is 2.52 bits per heavy atom. The normalized spacial score (nSPS) is 14.9. The van der Waals surface area contributed by atoms with Gasteiger partial charge in [-0.25, -0.2) is 13.2 Å². The Morgan fingerprint density at radius 1 is 1.15 bits per heavy atom. The van der Waals surface area contributed by atoms with E-state index in [0.29, 0.717) is 24.3 Å². The van der Waals surface area contributed by atoms with E-state index in [1.807, 2.05) is 0 Å². The molecule has 1 fully saturated rings. The second-order valence-electron chi connectivity index (χ2n) is 6.31. The summed E-state index contributed by atoms with van der Waals surface area (Å²) in [4.78, 5) is 24.3. The number of carbonyl (C=O) groups excluding carboxylic acids is 2. The minimum atomic E-state index is -3.60. The Hall–Kier alpha value is -2.65. The topological polar surface area (TPSA) is 97.7 Å². The van der Waals surface area contributed by atoms with Crippen LogP contribution in [0, 0.1) is 0 Å². The van der Waals surface area contributed by atoms with Crippen molar-refractivity contribution in [3.8, 4) is 0 Å². The number of rotatable bonds is 5. The van der Waals surface area contributed by atoms with Crippen LogP contribution in [0.15, 0.2) is 41.4 Å². The third kappa shape index (κ3) is 3.88. The summed E-state index contributed by atoms with van der Waals surface area (Å²) >= 11 is 0. The van der Waals surface area contributed by atoms with Crippen LogP contribution in [-0.2, 0) is 21.8 Å². The van der Waals surface area contributed by atoms with Crippen molar-refractivity contribution in [2.24, 2.45) is 7.05 Å². The highest BCUT2D eigenvalue weighted by Crippen LogP contribution is 2.23. The molecule has 1 aliphatic heterocycles. The summed E-state index contributed by atoms with van der Waals surface area (Å²) in [6, 6.07) is 7.69. The van der Waals surface area contributed by atoms with Gasteiger partial charge >= 0.3 is 5.97 Å². The molecular weight excluding hydrogens is 370 g/mol. The van der Waals surface area contributed by atoms with Gasteiger partial charge < -0.3 is 14.6 Å². The molecule has 0 saturated carbocycles. The third-order valence-corrected chi connectivity index (χ3v) is 6.32. The number of methoxy groups -OCH3 is 1. The quantitative estimate of drug-likeness (QED) is 0.785. The molecule has 1 amide bonds. The first kappa shape index (κ1) is 19.1. The molecule has 0 unspecified atom stereocenters. The van der Waals surface area contributed by atoms with E-state index in [2.05, 4.69) is 10.1 Å². The first-order chi connectivity index (χ1) is 12.8. The smallest absolute Gasteiger partial charge is 0.337 e. The van der Waals surface area contributed by atoms with Crippen LogP contribution < -0.4 is 5.32 Å². The number of anilines is 1. The van der Waals surface area contributed by atoms with Crippen molar-refractivity contribution in [2.75, 3.05) is 25.5 Å². The van der Waals surface area contributed by atoms with E-state index in [1.54, 1.807) is 25.2 Å². The van der Waals surface area contributed by atoms with Gasteiger partial charge in [0.2, 0.25) is 10.0 Å². The van der Waals surface area contributed by atoms with Crippen molar-refractivity contribution in [1.29, 1.82) is 0 Å². The molecule has 1 N–H and O–H groups in total. The minimum Gasteiger partial charge on any atom is -0.465 e. The van der Waals surface area contributed by atoms with Crippen LogP contribution >= 0.6 is 0 Å². The zero-order valence-corrected chi connectivity index (χ0v) is 16.0. The number of sulfonamides is 1. The van der Waals surface area contributed by atoms with Crippen molar-refractivity contribution >= 4 is 27.6 Å². The summed E-state index contributed by atoms with van der Waals surface area (Å²) in [6.45, 7) is 0.998. The predicted octanol–water partition coefficient (Wildman–Crippen LogP) is 1.85. The summed E-state index contributed by atoms with van der Waals surface area (Å²) < 4.78 is 32.9. The highest BCUT2D eigenvalue weighted by atomic mass is 32.2. The summed E-state index contributed by atoms with van der Waals surface area (Å²) in [5, 5.41) is 2.68. The zero-order valence-electron chi connectivity index (χ0n) is 15.1. The number of ether oxygens (including phenoxy) is 1.